The van der Waals surface area contributed by atoms with E-state index in [-0.39, 0.29) is 34.9 Å². The number of halogens is 3. The molecule has 0 saturated heterocycles. The fourth-order valence-electron chi connectivity index (χ4n) is 3.81. The molecular weight excluding hydrogens is 465 g/mol. The monoisotopic (exact) mass is 488 g/mol. The van der Waals surface area contributed by atoms with Crippen molar-refractivity contribution in [3.8, 4) is 5.75 Å². The zero-order valence-corrected chi connectivity index (χ0v) is 18.7. The minimum atomic E-state index is -1.61. The van der Waals surface area contributed by atoms with E-state index in [1.165, 1.54) is 22.6 Å². The molecule has 0 unspecified atom stereocenters. The van der Waals surface area contributed by atoms with Crippen molar-refractivity contribution in [1.29, 1.82) is 0 Å². The molecule has 8 nitrogen and oxygen atoms in total. The maximum atomic E-state index is 14.0. The van der Waals surface area contributed by atoms with Crippen LogP contribution in [-0.4, -0.2) is 50.8 Å². The zero-order valence-electron chi connectivity index (χ0n) is 18.7. The highest BCUT2D eigenvalue weighted by Crippen LogP contribution is 2.25. The van der Waals surface area contributed by atoms with Gasteiger partial charge in [-0.15, -0.1) is 0 Å². The fourth-order valence-corrected chi connectivity index (χ4v) is 3.81. The second-order valence-corrected chi connectivity index (χ2v) is 8.00. The number of aromatic nitrogens is 2. The predicted octanol–water partition coefficient (Wildman–Crippen LogP) is 2.29. The summed E-state index contributed by atoms with van der Waals surface area (Å²) in [5.41, 5.74) is -0.999. The molecular formula is C24H23F3N4O4. The van der Waals surface area contributed by atoms with Gasteiger partial charge in [0.05, 0.1) is 31.0 Å². The highest BCUT2D eigenvalue weighted by atomic mass is 19.1. The highest BCUT2D eigenvalue weighted by Gasteiger charge is 2.37. The molecule has 1 aliphatic heterocycles. The van der Waals surface area contributed by atoms with Gasteiger partial charge in [-0.2, -0.15) is 0 Å². The summed E-state index contributed by atoms with van der Waals surface area (Å²) in [5, 5.41) is 25.4. The minimum absolute atomic E-state index is 0.0897. The Morgan fingerprint density at radius 3 is 2.51 bits per heavy atom. The second-order valence-electron chi connectivity index (χ2n) is 8.00. The number of fused-ring (bicyclic) bond motifs is 1. The molecule has 11 heteroatoms. The lowest BCUT2D eigenvalue weighted by Crippen LogP contribution is -2.59. The number of nitrogens with zero attached hydrogens (tertiary/aromatic N) is 2. The van der Waals surface area contributed by atoms with Crippen molar-refractivity contribution < 1.29 is 32.9 Å². The Hall–Kier alpha value is -3.83. The van der Waals surface area contributed by atoms with Gasteiger partial charge in [-0.3, -0.25) is 9.20 Å². The van der Waals surface area contributed by atoms with Crippen molar-refractivity contribution in [1.82, 2.24) is 20.0 Å². The summed E-state index contributed by atoms with van der Waals surface area (Å²) in [5.74, 6) is -2.42. The normalized spacial score (nSPS) is 13.8. The molecule has 4 N–H and O–H groups in total. The summed E-state index contributed by atoms with van der Waals surface area (Å²) < 4.78 is 48.4. The van der Waals surface area contributed by atoms with E-state index >= 15 is 0 Å². The van der Waals surface area contributed by atoms with E-state index in [0.717, 1.165) is 12.1 Å². The first-order valence-electron chi connectivity index (χ1n) is 10.7. The molecule has 35 heavy (non-hydrogen) atoms. The number of nitrogens with one attached hydrogen (secondary N) is 2. The third kappa shape index (κ3) is 4.60. The van der Waals surface area contributed by atoms with E-state index in [1.54, 1.807) is 25.3 Å². The first-order chi connectivity index (χ1) is 16.8. The van der Waals surface area contributed by atoms with Crippen molar-refractivity contribution in [3.63, 3.8) is 0 Å². The molecule has 0 atom stereocenters. The number of benzene rings is 1. The number of aliphatic hydroxyl groups excluding tert-OH is 2. The number of carbonyl (C=O) groups is 1. The van der Waals surface area contributed by atoms with Crippen molar-refractivity contribution in [3.05, 3.63) is 88.8 Å². The van der Waals surface area contributed by atoms with E-state index in [9.17, 15) is 28.2 Å². The van der Waals surface area contributed by atoms with Gasteiger partial charge in [-0.25, -0.2) is 18.2 Å². The lowest BCUT2D eigenvalue weighted by molar-refractivity contribution is 0.0742. The highest BCUT2D eigenvalue weighted by molar-refractivity contribution is 5.95. The Kier molecular flexibility index (Phi) is 6.81. The zero-order chi connectivity index (χ0) is 25.2. The van der Waals surface area contributed by atoms with E-state index in [0.29, 0.717) is 5.69 Å². The third-order valence-corrected chi connectivity index (χ3v) is 5.72. The summed E-state index contributed by atoms with van der Waals surface area (Å²) in [7, 11) is 0. The average molecular weight is 488 g/mol. The molecule has 3 heterocycles. The van der Waals surface area contributed by atoms with Gasteiger partial charge in [0.2, 0.25) is 0 Å². The van der Waals surface area contributed by atoms with Crippen LogP contribution < -0.4 is 15.4 Å². The van der Waals surface area contributed by atoms with Crippen molar-refractivity contribution in [2.24, 2.45) is 0 Å². The molecule has 4 rings (SSSR count). The quantitative estimate of drug-likeness (QED) is 0.388. The van der Waals surface area contributed by atoms with Crippen LogP contribution in [0.1, 0.15) is 21.7 Å². The largest absolute Gasteiger partial charge is 0.485 e. The molecule has 0 radical (unpaired) electrons. The number of amides is 1. The maximum Gasteiger partial charge on any atom is 0.271 e. The maximum absolute atomic E-state index is 14.0. The van der Waals surface area contributed by atoms with Crippen molar-refractivity contribution in [2.45, 2.75) is 19.1 Å². The predicted molar refractivity (Wildman–Crippen MR) is 120 cm³/mol. The van der Waals surface area contributed by atoms with Crippen LogP contribution in [0.2, 0.25) is 0 Å². The number of imidazole rings is 1. The number of hydrogen-bond donors (Lipinski definition) is 4. The third-order valence-electron chi connectivity index (χ3n) is 5.72. The number of rotatable bonds is 8. The number of ether oxygens (including phenoxy) is 1. The van der Waals surface area contributed by atoms with Crippen LogP contribution in [0.3, 0.4) is 0 Å². The lowest BCUT2D eigenvalue weighted by atomic mass is 9.94. The molecule has 184 valence electrons. The summed E-state index contributed by atoms with van der Waals surface area (Å²) in [6.45, 7) is -0.295. The van der Waals surface area contributed by atoms with Crippen LogP contribution in [0, 0.1) is 18.6 Å². The van der Waals surface area contributed by atoms with Crippen molar-refractivity contribution >= 4 is 11.6 Å². The van der Waals surface area contributed by atoms with E-state index in [1.807, 2.05) is 0 Å². The number of carbonyl (C=O) groups excluding carboxylic acids is 1. The molecule has 2 aromatic heterocycles. The fraction of sp³-hybridized carbons (Fsp3) is 0.250. The van der Waals surface area contributed by atoms with Crippen LogP contribution in [-0.2, 0) is 6.61 Å². The van der Waals surface area contributed by atoms with Gasteiger partial charge in [-0.1, -0.05) is 6.07 Å². The molecule has 1 aliphatic rings. The standard InChI is InChI=1S/C24H23F3N4O4/c1-14-21(23(34)30-24(12-32,13-33)20-8-7-15(25)10-28-20)31-9-3-6-19(22(31)29-14)35-11-16-17(26)4-2-5-18(16)27/h2-9,28,32-33H,10-13H2,1H3,(H,30,34). The van der Waals surface area contributed by atoms with Crippen molar-refractivity contribution in [2.75, 3.05) is 19.8 Å². The minimum Gasteiger partial charge on any atom is -0.485 e. The van der Waals surface area contributed by atoms with Crippen LogP contribution >= 0.6 is 0 Å². The molecule has 0 spiro atoms. The molecule has 0 saturated carbocycles. The number of allylic oxidation sites excluding steroid dienone is 2. The summed E-state index contributed by atoms with van der Waals surface area (Å²) in [4.78, 5) is 17.7. The Morgan fingerprint density at radius 2 is 1.89 bits per heavy atom. The molecule has 3 aromatic rings. The molecule has 1 aromatic carbocycles. The number of dihydropyridines is 1. The second kappa shape index (κ2) is 9.80. The van der Waals surface area contributed by atoms with Gasteiger partial charge in [0.1, 0.15) is 35.3 Å². The SMILES string of the molecule is Cc1nc2c(OCc3c(F)cccc3F)cccn2c1C(=O)NC(CO)(CO)C1=CC=C(F)CN1. The van der Waals surface area contributed by atoms with Crippen LogP contribution in [0.4, 0.5) is 13.2 Å². The molecule has 0 bridgehead atoms. The van der Waals surface area contributed by atoms with Gasteiger partial charge in [0.25, 0.3) is 5.91 Å². The Balaban J connectivity index is 1.65. The summed E-state index contributed by atoms with van der Waals surface area (Å²) in [6, 6.07) is 6.62. The van der Waals surface area contributed by atoms with Gasteiger partial charge in [0.15, 0.2) is 11.4 Å². The number of hydrogen-bond acceptors (Lipinski definition) is 6. The van der Waals surface area contributed by atoms with Gasteiger partial charge >= 0.3 is 0 Å². The van der Waals surface area contributed by atoms with Crippen LogP contribution in [0.5, 0.6) is 5.75 Å². The van der Waals surface area contributed by atoms with Crippen LogP contribution in [0.15, 0.2) is 60.2 Å². The first kappa shape index (κ1) is 24.3. The van der Waals surface area contributed by atoms with Gasteiger partial charge in [-0.05, 0) is 43.3 Å². The average Bonchev–Trinajstić information content (AvgIpc) is 3.19. The Labute approximate surface area is 198 Å². The topological polar surface area (TPSA) is 108 Å². The number of aryl methyl sites for hydroxylation is 1. The first-order valence-corrected chi connectivity index (χ1v) is 10.7. The lowest BCUT2D eigenvalue weighted by Gasteiger charge is -2.35. The van der Waals surface area contributed by atoms with Gasteiger partial charge < -0.3 is 25.6 Å². The molecule has 0 aliphatic carbocycles. The molecule has 0 fully saturated rings. The summed E-state index contributed by atoms with van der Waals surface area (Å²) in [6.07, 6.45) is 4.07. The smallest absolute Gasteiger partial charge is 0.271 e. The van der Waals surface area contributed by atoms with E-state index in [2.05, 4.69) is 15.6 Å². The van der Waals surface area contributed by atoms with E-state index in [4.69, 9.17) is 4.74 Å². The Morgan fingerprint density at radius 1 is 1.17 bits per heavy atom. The van der Waals surface area contributed by atoms with E-state index < -0.39 is 48.7 Å². The summed E-state index contributed by atoms with van der Waals surface area (Å²) >= 11 is 0. The number of pyridine rings is 1. The Bertz CT molecular complexity index is 1310. The number of aliphatic hydroxyl groups is 2. The van der Waals surface area contributed by atoms with Gasteiger partial charge in [0, 0.05) is 11.9 Å². The molecule has 1 amide bonds. The van der Waals surface area contributed by atoms with Crippen LogP contribution in [0.25, 0.3) is 5.65 Å².